The number of rotatable bonds is 3. The molecule has 1 aromatic heterocycles. The van der Waals surface area contributed by atoms with E-state index in [2.05, 4.69) is 11.4 Å². The highest BCUT2D eigenvalue weighted by Crippen LogP contribution is 2.07. The van der Waals surface area contributed by atoms with Gasteiger partial charge in [-0.25, -0.2) is 4.79 Å². The van der Waals surface area contributed by atoms with Crippen LogP contribution in [-0.2, 0) is 6.42 Å². The molecule has 0 aliphatic carbocycles. The van der Waals surface area contributed by atoms with Crippen molar-refractivity contribution in [2.75, 3.05) is 20.6 Å². The first-order valence-corrected chi connectivity index (χ1v) is 5.05. The Morgan fingerprint density at radius 3 is 2.92 bits per heavy atom. The summed E-state index contributed by atoms with van der Waals surface area (Å²) in [5.41, 5.74) is 0. The molecule has 0 unspecified atom stereocenters. The van der Waals surface area contributed by atoms with Crippen LogP contribution in [0.4, 0.5) is 4.79 Å². The average Bonchev–Trinajstić information content (AvgIpc) is 2.56. The fourth-order valence-corrected chi connectivity index (χ4v) is 1.61. The normalized spacial score (nSPS) is 9.69. The summed E-state index contributed by atoms with van der Waals surface area (Å²) in [6.45, 7) is 0.706. The number of carbonyl (C=O) groups excluding carboxylic acids is 1. The first-order chi connectivity index (χ1) is 6.20. The molecule has 0 atom stereocenters. The van der Waals surface area contributed by atoms with Gasteiger partial charge in [-0.05, 0) is 17.9 Å². The number of carbonyl (C=O) groups is 1. The maximum Gasteiger partial charge on any atom is 0.316 e. The van der Waals surface area contributed by atoms with Gasteiger partial charge in [-0.2, -0.15) is 0 Å². The maximum atomic E-state index is 11.1. The van der Waals surface area contributed by atoms with Gasteiger partial charge in [-0.15, -0.1) is 11.3 Å². The summed E-state index contributed by atoms with van der Waals surface area (Å²) in [6, 6.07) is 4.07. The predicted octanol–water partition coefficient (Wildman–Crippen LogP) is 1.56. The SMILES string of the molecule is CN(C)C(=O)NCCc1cccs1. The third-order valence-electron chi connectivity index (χ3n) is 1.63. The fourth-order valence-electron chi connectivity index (χ4n) is 0.906. The van der Waals surface area contributed by atoms with Gasteiger partial charge in [0.2, 0.25) is 0 Å². The van der Waals surface area contributed by atoms with E-state index in [-0.39, 0.29) is 6.03 Å². The van der Waals surface area contributed by atoms with Crippen molar-refractivity contribution in [2.24, 2.45) is 0 Å². The van der Waals surface area contributed by atoms with Crippen LogP contribution in [0.15, 0.2) is 17.5 Å². The van der Waals surface area contributed by atoms with Crippen molar-refractivity contribution in [3.8, 4) is 0 Å². The smallest absolute Gasteiger partial charge is 0.316 e. The monoisotopic (exact) mass is 198 g/mol. The van der Waals surface area contributed by atoms with E-state index in [4.69, 9.17) is 0 Å². The molecule has 0 radical (unpaired) electrons. The van der Waals surface area contributed by atoms with Crippen LogP contribution in [0.5, 0.6) is 0 Å². The number of amides is 2. The Bertz CT molecular complexity index is 257. The van der Waals surface area contributed by atoms with Gasteiger partial charge in [-0.1, -0.05) is 6.07 Å². The van der Waals surface area contributed by atoms with Crippen LogP contribution in [0, 0.1) is 0 Å². The van der Waals surface area contributed by atoms with Crippen molar-refractivity contribution < 1.29 is 4.79 Å². The number of nitrogens with one attached hydrogen (secondary N) is 1. The van der Waals surface area contributed by atoms with Crippen LogP contribution in [0.2, 0.25) is 0 Å². The number of urea groups is 1. The highest BCUT2D eigenvalue weighted by molar-refractivity contribution is 7.09. The quantitative estimate of drug-likeness (QED) is 0.785. The van der Waals surface area contributed by atoms with Gasteiger partial charge in [0, 0.05) is 25.5 Å². The molecule has 13 heavy (non-hydrogen) atoms. The van der Waals surface area contributed by atoms with Crippen LogP contribution >= 0.6 is 11.3 Å². The number of nitrogens with zero attached hydrogens (tertiary/aromatic N) is 1. The molecule has 0 fully saturated rings. The van der Waals surface area contributed by atoms with Crippen molar-refractivity contribution in [1.29, 1.82) is 0 Å². The van der Waals surface area contributed by atoms with E-state index in [9.17, 15) is 4.79 Å². The summed E-state index contributed by atoms with van der Waals surface area (Å²) in [5.74, 6) is 0. The number of hydrogen-bond donors (Lipinski definition) is 1. The molecule has 1 N–H and O–H groups in total. The Balaban J connectivity index is 2.18. The molecule has 2 amide bonds. The zero-order chi connectivity index (χ0) is 9.68. The molecule has 0 aliphatic heterocycles. The second-order valence-corrected chi connectivity index (χ2v) is 3.99. The van der Waals surface area contributed by atoms with Crippen LogP contribution in [0.25, 0.3) is 0 Å². The lowest BCUT2D eigenvalue weighted by atomic mass is 10.3. The summed E-state index contributed by atoms with van der Waals surface area (Å²) >= 11 is 1.72. The van der Waals surface area contributed by atoms with Crippen LogP contribution in [0.3, 0.4) is 0 Å². The molecule has 0 saturated carbocycles. The summed E-state index contributed by atoms with van der Waals surface area (Å²) < 4.78 is 0. The first kappa shape index (κ1) is 10.1. The van der Waals surface area contributed by atoms with Crippen molar-refractivity contribution >= 4 is 17.4 Å². The Morgan fingerprint density at radius 2 is 2.38 bits per heavy atom. The third kappa shape index (κ3) is 3.46. The number of hydrogen-bond acceptors (Lipinski definition) is 2. The Hall–Kier alpha value is -1.03. The summed E-state index contributed by atoms with van der Waals surface area (Å²) in [4.78, 5) is 13.9. The first-order valence-electron chi connectivity index (χ1n) is 4.17. The van der Waals surface area contributed by atoms with Crippen molar-refractivity contribution in [3.63, 3.8) is 0 Å². The van der Waals surface area contributed by atoms with Gasteiger partial charge in [0.1, 0.15) is 0 Å². The predicted molar refractivity (Wildman–Crippen MR) is 55.1 cm³/mol. The molecule has 0 spiro atoms. The molecule has 3 nitrogen and oxygen atoms in total. The van der Waals surface area contributed by atoms with Gasteiger partial charge >= 0.3 is 6.03 Å². The van der Waals surface area contributed by atoms with Crippen LogP contribution < -0.4 is 5.32 Å². The summed E-state index contributed by atoms with van der Waals surface area (Å²) in [7, 11) is 3.47. The molecule has 0 aliphatic rings. The minimum atomic E-state index is -0.0310. The van der Waals surface area contributed by atoms with Crippen molar-refractivity contribution in [1.82, 2.24) is 10.2 Å². The second kappa shape index (κ2) is 4.87. The molecular formula is C9H14N2OS. The lowest BCUT2D eigenvalue weighted by Gasteiger charge is -2.10. The molecule has 1 rings (SSSR count). The molecule has 1 heterocycles. The number of thiophene rings is 1. The Labute approximate surface area is 82.4 Å². The largest absolute Gasteiger partial charge is 0.338 e. The fraction of sp³-hybridized carbons (Fsp3) is 0.444. The summed E-state index contributed by atoms with van der Waals surface area (Å²) in [6.07, 6.45) is 0.914. The zero-order valence-corrected chi connectivity index (χ0v) is 8.73. The van der Waals surface area contributed by atoms with Gasteiger partial charge in [0.05, 0.1) is 0 Å². The van der Waals surface area contributed by atoms with E-state index in [0.29, 0.717) is 6.54 Å². The standard InChI is InChI=1S/C9H14N2OS/c1-11(2)9(12)10-6-5-8-4-3-7-13-8/h3-4,7H,5-6H2,1-2H3,(H,10,12). The minimum Gasteiger partial charge on any atom is -0.338 e. The molecule has 0 saturated heterocycles. The lowest BCUT2D eigenvalue weighted by molar-refractivity contribution is 0.217. The van der Waals surface area contributed by atoms with E-state index < -0.39 is 0 Å². The molecule has 0 bridgehead atoms. The highest BCUT2D eigenvalue weighted by atomic mass is 32.1. The van der Waals surface area contributed by atoms with E-state index in [0.717, 1.165) is 6.42 Å². The second-order valence-electron chi connectivity index (χ2n) is 2.96. The van der Waals surface area contributed by atoms with Gasteiger partial charge < -0.3 is 10.2 Å². The Kier molecular flexibility index (Phi) is 3.76. The average molecular weight is 198 g/mol. The highest BCUT2D eigenvalue weighted by Gasteiger charge is 2.01. The van der Waals surface area contributed by atoms with Gasteiger partial charge in [-0.3, -0.25) is 0 Å². The van der Waals surface area contributed by atoms with Gasteiger partial charge in [0.15, 0.2) is 0 Å². The van der Waals surface area contributed by atoms with E-state index in [1.54, 1.807) is 25.4 Å². The minimum absolute atomic E-state index is 0.0310. The zero-order valence-electron chi connectivity index (χ0n) is 7.91. The van der Waals surface area contributed by atoms with Gasteiger partial charge in [0.25, 0.3) is 0 Å². The van der Waals surface area contributed by atoms with Crippen LogP contribution in [-0.4, -0.2) is 31.6 Å². The molecule has 1 aromatic rings. The van der Waals surface area contributed by atoms with Crippen molar-refractivity contribution in [3.05, 3.63) is 22.4 Å². The molecule has 72 valence electrons. The maximum absolute atomic E-state index is 11.1. The van der Waals surface area contributed by atoms with E-state index in [1.807, 2.05) is 11.4 Å². The lowest BCUT2D eigenvalue weighted by Crippen LogP contribution is -2.35. The molecule has 4 heteroatoms. The Morgan fingerprint density at radius 1 is 1.62 bits per heavy atom. The third-order valence-corrected chi connectivity index (χ3v) is 2.57. The van der Waals surface area contributed by atoms with Crippen molar-refractivity contribution in [2.45, 2.75) is 6.42 Å². The van der Waals surface area contributed by atoms with E-state index >= 15 is 0 Å². The molecule has 0 aromatic carbocycles. The van der Waals surface area contributed by atoms with E-state index in [1.165, 1.54) is 9.78 Å². The summed E-state index contributed by atoms with van der Waals surface area (Å²) in [5, 5.41) is 4.86. The molecular weight excluding hydrogens is 184 g/mol. The topological polar surface area (TPSA) is 32.3 Å². The van der Waals surface area contributed by atoms with Crippen LogP contribution in [0.1, 0.15) is 4.88 Å².